The summed E-state index contributed by atoms with van der Waals surface area (Å²) in [7, 11) is 1.55. The molecule has 1 aliphatic carbocycles. The van der Waals surface area contributed by atoms with Crippen molar-refractivity contribution >= 4 is 41.9 Å². The van der Waals surface area contributed by atoms with E-state index in [-0.39, 0.29) is 56.3 Å². The first kappa shape index (κ1) is 42.1. The lowest BCUT2D eigenvalue weighted by atomic mass is 10.00. The van der Waals surface area contributed by atoms with E-state index in [9.17, 15) is 24.0 Å². The second kappa shape index (κ2) is 18.9. The van der Waals surface area contributed by atoms with Gasteiger partial charge in [0.2, 0.25) is 29.5 Å². The van der Waals surface area contributed by atoms with E-state index in [0.717, 1.165) is 24.0 Å². The molecule has 1 fully saturated rings. The number of nitrogens with one attached hydrogen (secondary N) is 4. The van der Waals surface area contributed by atoms with Crippen molar-refractivity contribution in [2.75, 3.05) is 26.8 Å². The molecule has 0 unspecified atom stereocenters. The fourth-order valence-electron chi connectivity index (χ4n) is 5.87. The molecule has 52 heavy (non-hydrogen) atoms. The van der Waals surface area contributed by atoms with Crippen LogP contribution in [0.5, 0.6) is 11.5 Å². The van der Waals surface area contributed by atoms with Crippen LogP contribution in [-0.2, 0) is 36.8 Å². The van der Waals surface area contributed by atoms with Gasteiger partial charge in [-0.15, -0.1) is 12.4 Å². The molecular weight excluding hydrogens is 688 g/mol. The Morgan fingerprint density at radius 3 is 2.23 bits per heavy atom. The summed E-state index contributed by atoms with van der Waals surface area (Å²) >= 11 is 0. The monoisotopic (exact) mass is 742 g/mol. The SMILES string of the molecule is COc1ccc(C[C@@H]2NC(=O)[C@@H](NC(=O)C(C)(C)N)Cc3ccc(cc3)OC[C@H](CC(C)C)NC(=O)CN(CC3CC3)C(=O)[C@@H](C)NC2=O)cc1.Cl. The van der Waals surface area contributed by atoms with Gasteiger partial charge in [0.15, 0.2) is 0 Å². The van der Waals surface area contributed by atoms with Gasteiger partial charge in [-0.3, -0.25) is 24.0 Å². The van der Waals surface area contributed by atoms with Gasteiger partial charge in [-0.2, -0.15) is 0 Å². The summed E-state index contributed by atoms with van der Waals surface area (Å²) in [5, 5.41) is 11.4. The molecule has 2 aromatic rings. The summed E-state index contributed by atoms with van der Waals surface area (Å²) in [4.78, 5) is 69.6. The number of ether oxygens (including phenoxy) is 2. The van der Waals surface area contributed by atoms with Crippen molar-refractivity contribution in [3.8, 4) is 11.5 Å². The molecule has 13 nitrogen and oxygen atoms in total. The maximum Gasteiger partial charge on any atom is 0.245 e. The fourth-order valence-corrected chi connectivity index (χ4v) is 5.87. The Kier molecular flexibility index (Phi) is 15.3. The van der Waals surface area contributed by atoms with Crippen LogP contribution < -0.4 is 36.5 Å². The lowest BCUT2D eigenvalue weighted by molar-refractivity contribution is -0.140. The zero-order chi connectivity index (χ0) is 37.3. The van der Waals surface area contributed by atoms with Gasteiger partial charge >= 0.3 is 0 Å². The number of carbonyl (C=O) groups is 5. The molecule has 6 N–H and O–H groups in total. The topological polar surface area (TPSA) is 181 Å². The van der Waals surface area contributed by atoms with Crippen LogP contribution in [0.15, 0.2) is 48.5 Å². The minimum Gasteiger partial charge on any atom is -0.497 e. The molecule has 2 aliphatic heterocycles. The quantitative estimate of drug-likeness (QED) is 0.243. The van der Waals surface area contributed by atoms with E-state index in [1.54, 1.807) is 62.6 Å². The van der Waals surface area contributed by atoms with Crippen molar-refractivity contribution < 1.29 is 33.4 Å². The number of amides is 5. The van der Waals surface area contributed by atoms with Gasteiger partial charge in [0.25, 0.3) is 0 Å². The number of hydrogen-bond donors (Lipinski definition) is 5. The average Bonchev–Trinajstić information content (AvgIpc) is 3.89. The normalized spacial score (nSPS) is 22.3. The Morgan fingerprint density at radius 1 is 1.00 bits per heavy atom. The van der Waals surface area contributed by atoms with E-state index in [1.807, 2.05) is 0 Å². The molecule has 5 amide bonds. The van der Waals surface area contributed by atoms with Gasteiger partial charge in [-0.25, -0.2) is 0 Å². The molecule has 0 saturated heterocycles. The third-order valence-corrected chi connectivity index (χ3v) is 8.93. The molecule has 2 bridgehead atoms. The first-order valence-corrected chi connectivity index (χ1v) is 17.7. The number of rotatable bonds is 9. The van der Waals surface area contributed by atoms with Crippen molar-refractivity contribution in [3.05, 3.63) is 59.7 Å². The number of nitrogens with two attached hydrogens (primary N) is 1. The molecule has 5 rings (SSSR count). The van der Waals surface area contributed by atoms with E-state index in [2.05, 4.69) is 35.1 Å². The number of nitrogens with zero attached hydrogens (tertiary/aromatic N) is 1. The Morgan fingerprint density at radius 2 is 1.65 bits per heavy atom. The molecule has 0 aromatic heterocycles. The predicted molar refractivity (Wildman–Crippen MR) is 200 cm³/mol. The highest BCUT2D eigenvalue weighted by atomic mass is 35.5. The van der Waals surface area contributed by atoms with Crippen LogP contribution >= 0.6 is 12.4 Å². The van der Waals surface area contributed by atoms with Gasteiger partial charge in [-0.1, -0.05) is 38.1 Å². The van der Waals surface area contributed by atoms with Crippen LogP contribution in [0, 0.1) is 11.8 Å². The molecule has 4 atom stereocenters. The summed E-state index contributed by atoms with van der Waals surface area (Å²) < 4.78 is 11.4. The zero-order valence-electron chi connectivity index (χ0n) is 31.0. The third-order valence-electron chi connectivity index (χ3n) is 8.93. The molecule has 2 aromatic carbocycles. The van der Waals surface area contributed by atoms with Crippen molar-refractivity contribution in [2.24, 2.45) is 17.6 Å². The van der Waals surface area contributed by atoms with Gasteiger partial charge in [0.05, 0.1) is 25.2 Å². The second-order valence-corrected chi connectivity index (χ2v) is 14.8. The predicted octanol–water partition coefficient (Wildman–Crippen LogP) is 2.28. The highest BCUT2D eigenvalue weighted by molar-refractivity contribution is 5.96. The second-order valence-electron chi connectivity index (χ2n) is 14.8. The number of benzene rings is 2. The first-order valence-electron chi connectivity index (χ1n) is 17.7. The Balaban J connectivity index is 0.00000729. The van der Waals surface area contributed by atoms with Crippen molar-refractivity contribution in [1.29, 1.82) is 0 Å². The number of carbonyl (C=O) groups excluding carboxylic acids is 5. The first-order chi connectivity index (χ1) is 24.1. The lowest BCUT2D eigenvalue weighted by Gasteiger charge is -2.29. The lowest BCUT2D eigenvalue weighted by Crippen LogP contribution is -2.60. The zero-order valence-corrected chi connectivity index (χ0v) is 31.8. The number of halogens is 1. The molecule has 14 heteroatoms. The van der Waals surface area contributed by atoms with Crippen LogP contribution in [0.4, 0.5) is 0 Å². The number of fused-ring (bicyclic) bond motifs is 17. The largest absolute Gasteiger partial charge is 0.497 e. The summed E-state index contributed by atoms with van der Waals surface area (Å²) in [6, 6.07) is 10.7. The van der Waals surface area contributed by atoms with Gasteiger partial charge in [-0.05, 0) is 87.3 Å². The van der Waals surface area contributed by atoms with Crippen LogP contribution in [0.25, 0.3) is 0 Å². The van der Waals surface area contributed by atoms with Crippen molar-refractivity contribution in [2.45, 2.75) is 96.4 Å². The average molecular weight is 743 g/mol. The van der Waals surface area contributed by atoms with Gasteiger partial charge in [0, 0.05) is 19.4 Å². The van der Waals surface area contributed by atoms with Crippen molar-refractivity contribution in [3.63, 3.8) is 0 Å². The van der Waals surface area contributed by atoms with Crippen LogP contribution in [0.3, 0.4) is 0 Å². The van der Waals surface area contributed by atoms with Crippen molar-refractivity contribution in [1.82, 2.24) is 26.2 Å². The molecule has 2 heterocycles. The molecule has 286 valence electrons. The van der Waals surface area contributed by atoms with Gasteiger partial charge in [0.1, 0.15) is 36.2 Å². The Labute approximate surface area is 312 Å². The van der Waals surface area contributed by atoms with E-state index < -0.39 is 47.3 Å². The molecule has 1 saturated carbocycles. The minimum absolute atomic E-state index is 0. The highest BCUT2D eigenvalue weighted by Crippen LogP contribution is 2.30. The van der Waals surface area contributed by atoms with E-state index in [1.165, 1.54) is 18.7 Å². The Hall–Kier alpha value is -4.36. The maximum atomic E-state index is 14.0. The highest BCUT2D eigenvalue weighted by Gasteiger charge is 2.34. The standard InChI is InChI=1S/C38H54N6O7.ClH/c1-23(2)17-28-22-51-30-15-11-26(12-16-30)19-32(43-37(49)38(4,5)39)35(47)42-31(18-25-9-13-29(50-6)14-10-25)34(46)40-24(3)36(48)44(20-27-7-8-27)21-33(45)41-28;/h9-16,23-24,27-28,31-32H,7-8,17-22,39H2,1-6H3,(H,40,46)(H,41,45)(H,42,47)(H,43,49);1H/t24-,28+,31+,32+;/m1./s1. The summed E-state index contributed by atoms with van der Waals surface area (Å²) in [5.74, 6) is -0.676. The molecule has 0 spiro atoms. The molecule has 3 aliphatic rings. The van der Waals surface area contributed by atoms with Gasteiger partial charge < -0.3 is 41.4 Å². The number of methoxy groups -OCH3 is 1. The summed E-state index contributed by atoms with van der Waals surface area (Å²) in [5.41, 5.74) is 6.26. The van der Waals surface area contributed by atoms with Crippen LogP contribution in [0.1, 0.15) is 65.0 Å². The van der Waals surface area contributed by atoms with E-state index in [4.69, 9.17) is 15.2 Å². The van der Waals surface area contributed by atoms with Crippen LogP contribution in [0.2, 0.25) is 0 Å². The Bertz CT molecular complexity index is 1530. The molecule has 0 radical (unpaired) electrons. The van der Waals surface area contributed by atoms with E-state index >= 15 is 0 Å². The smallest absolute Gasteiger partial charge is 0.245 e. The number of hydrogen-bond acceptors (Lipinski definition) is 8. The summed E-state index contributed by atoms with van der Waals surface area (Å²) in [6.45, 7) is 9.22. The fraction of sp³-hybridized carbons (Fsp3) is 0.553. The summed E-state index contributed by atoms with van der Waals surface area (Å²) in [6.07, 6.45) is 2.77. The molecular formula is C38H55ClN6O7. The maximum absolute atomic E-state index is 14.0. The third kappa shape index (κ3) is 13.0. The van der Waals surface area contributed by atoms with Crippen LogP contribution in [-0.4, -0.2) is 90.9 Å². The minimum atomic E-state index is -1.27. The van der Waals surface area contributed by atoms with E-state index in [0.29, 0.717) is 30.4 Å².